The normalized spacial score (nSPS) is 46.7. The van der Waals surface area contributed by atoms with E-state index in [4.69, 9.17) is 61.6 Å². The lowest BCUT2D eigenvalue weighted by Gasteiger charge is -2.67. The Morgan fingerprint density at radius 1 is 0.744 bits per heavy atom. The van der Waals surface area contributed by atoms with Crippen molar-refractivity contribution in [1.82, 2.24) is 0 Å². The molecule has 0 unspecified atom stereocenters. The number of aliphatic hydroxyl groups is 4. The number of hydrogen-bond acceptors (Lipinski definition) is 19. The second kappa shape index (κ2) is 25.9. The zero-order chi connectivity index (χ0) is 57.3. The molecule has 8 aliphatic rings. The van der Waals surface area contributed by atoms with Gasteiger partial charge >= 0.3 is 5.97 Å². The van der Waals surface area contributed by atoms with Gasteiger partial charge in [0.1, 0.15) is 35.1 Å². The summed E-state index contributed by atoms with van der Waals surface area (Å²) in [5, 5.41) is 47.5. The van der Waals surface area contributed by atoms with Crippen molar-refractivity contribution < 1.29 is 91.6 Å². The second-order valence-electron chi connectivity index (χ2n) is 24.6. The van der Waals surface area contributed by atoms with E-state index in [1.54, 1.807) is 35.4 Å². The van der Waals surface area contributed by atoms with Crippen LogP contribution >= 0.6 is 0 Å². The molecule has 0 aromatic heterocycles. The molecular formula is C59H98O19. The van der Waals surface area contributed by atoms with Gasteiger partial charge in [0, 0.05) is 78.6 Å². The number of fused-ring (bicyclic) bond motifs is 5. The third-order valence-corrected chi connectivity index (χ3v) is 19.8. The maximum atomic E-state index is 13.5. The van der Waals surface area contributed by atoms with Crippen LogP contribution in [-0.2, 0) is 71.2 Å². The van der Waals surface area contributed by atoms with Gasteiger partial charge in [-0.2, -0.15) is 0 Å². The molecule has 0 radical (unpaired) electrons. The molecule has 8 rings (SSSR count). The van der Waals surface area contributed by atoms with Gasteiger partial charge in [0.15, 0.2) is 30.9 Å². The standard InChI is InChI=1S/C50H80O15.C9H18O4/c1-27(2)28(3)19-40(52)63-39-25-38-46(8)15-14-35(22-34(46)13-16-49(38,54)50(55)18-17-48(53,32(7)51)47(39,50)9)62-43-24-37(58-12)45(31(6)61-43)65-41-21-33(26-56-10)44(30(5)60-41)64-42-23-36(57-11)20-29(4)59-42;1-4-12-8-5-7(11-3)9(10)6(2)13-8/h13,19,27,29-31,33,35-39,41-45,53-55H,14-18,20-26H2,1-12H3;6-10H,4-5H2,1-3H3/b28-19+;/t29-,30+,31-,33-,35+,36-,37+,38-,39-,41+,42+,43+,44-,45-,46+,47-,48-,49+,50-;6-,7+,8+,9-/m10/s1. The third-order valence-electron chi connectivity index (χ3n) is 19.8. The first-order valence-electron chi connectivity index (χ1n) is 29.0. The number of ether oxygens (including phenoxy) is 13. The summed E-state index contributed by atoms with van der Waals surface area (Å²) in [4.78, 5) is 26.8. The highest BCUT2D eigenvalue weighted by Crippen LogP contribution is 2.71. The van der Waals surface area contributed by atoms with Crippen molar-refractivity contribution in [2.75, 3.05) is 41.7 Å². The number of hydrogen-bond donors (Lipinski definition) is 4. The fourth-order valence-corrected chi connectivity index (χ4v) is 14.8. The summed E-state index contributed by atoms with van der Waals surface area (Å²) < 4.78 is 78.6. The molecule has 0 spiro atoms. The van der Waals surface area contributed by atoms with Gasteiger partial charge in [0.2, 0.25) is 0 Å². The molecule has 19 heteroatoms. The molecule has 4 saturated heterocycles. The number of aliphatic hydroxyl groups excluding tert-OH is 1. The van der Waals surface area contributed by atoms with Crippen LogP contribution < -0.4 is 0 Å². The number of esters is 1. The van der Waals surface area contributed by atoms with Gasteiger partial charge in [0.05, 0.1) is 67.0 Å². The van der Waals surface area contributed by atoms with Gasteiger partial charge in [-0.3, -0.25) is 4.79 Å². The fourth-order valence-electron chi connectivity index (χ4n) is 14.8. The smallest absolute Gasteiger partial charge is 0.330 e. The van der Waals surface area contributed by atoms with Gasteiger partial charge in [-0.05, 0) is 118 Å². The van der Waals surface area contributed by atoms with Crippen LogP contribution in [0.2, 0.25) is 0 Å². The third kappa shape index (κ3) is 12.4. The van der Waals surface area contributed by atoms with Crippen molar-refractivity contribution >= 4 is 11.8 Å². The average Bonchev–Trinajstić information content (AvgIpc) is 3.52. The second-order valence-corrected chi connectivity index (χ2v) is 24.6. The lowest BCUT2D eigenvalue weighted by atomic mass is 9.42. The van der Waals surface area contributed by atoms with Crippen LogP contribution in [0.5, 0.6) is 0 Å². The lowest BCUT2D eigenvalue weighted by molar-refractivity contribution is -0.331. The van der Waals surface area contributed by atoms with Crippen molar-refractivity contribution in [3.8, 4) is 0 Å². The van der Waals surface area contributed by atoms with Crippen molar-refractivity contribution in [2.45, 2.75) is 268 Å². The number of carbonyl (C=O) groups excluding carboxylic acids is 2. The van der Waals surface area contributed by atoms with Crippen LogP contribution in [0.25, 0.3) is 0 Å². The largest absolute Gasteiger partial charge is 0.458 e. The molecule has 0 aromatic rings. The van der Waals surface area contributed by atoms with Gasteiger partial charge in [-0.15, -0.1) is 0 Å². The van der Waals surface area contributed by atoms with E-state index in [0.717, 1.165) is 17.6 Å². The van der Waals surface area contributed by atoms with Crippen LogP contribution in [0.15, 0.2) is 23.3 Å². The van der Waals surface area contributed by atoms with Crippen molar-refractivity contribution in [3.05, 3.63) is 23.3 Å². The topological polar surface area (TPSA) is 235 Å². The van der Waals surface area contributed by atoms with Crippen LogP contribution in [-0.4, -0.2) is 189 Å². The van der Waals surface area contributed by atoms with E-state index in [-0.39, 0.29) is 98.7 Å². The predicted molar refractivity (Wildman–Crippen MR) is 285 cm³/mol. The van der Waals surface area contributed by atoms with E-state index in [0.29, 0.717) is 58.2 Å². The van der Waals surface area contributed by atoms with Crippen LogP contribution in [0.1, 0.15) is 153 Å². The van der Waals surface area contributed by atoms with Gasteiger partial charge in [-0.25, -0.2) is 4.79 Å². The van der Waals surface area contributed by atoms with Crippen molar-refractivity contribution in [3.63, 3.8) is 0 Å². The van der Waals surface area contributed by atoms with Crippen molar-refractivity contribution in [2.24, 2.45) is 28.6 Å². The molecule has 448 valence electrons. The Morgan fingerprint density at radius 2 is 1.37 bits per heavy atom. The zero-order valence-corrected chi connectivity index (χ0v) is 49.4. The molecule has 0 amide bonds. The maximum absolute atomic E-state index is 13.5. The molecule has 0 aromatic carbocycles. The number of carbonyl (C=O) groups is 2. The molecule has 3 saturated carbocycles. The number of rotatable bonds is 17. The number of ketones is 1. The number of allylic oxidation sites excluding steroid dienone is 1. The van der Waals surface area contributed by atoms with Crippen LogP contribution in [0.3, 0.4) is 0 Å². The molecule has 23 atom stereocenters. The highest BCUT2D eigenvalue weighted by molar-refractivity contribution is 5.87. The van der Waals surface area contributed by atoms with Crippen LogP contribution in [0, 0.1) is 28.6 Å². The van der Waals surface area contributed by atoms with Crippen molar-refractivity contribution in [1.29, 1.82) is 0 Å². The summed E-state index contributed by atoms with van der Waals surface area (Å²) in [5.74, 6) is -1.56. The highest BCUT2D eigenvalue weighted by Gasteiger charge is 2.81. The van der Waals surface area contributed by atoms with E-state index in [1.165, 1.54) is 13.0 Å². The first kappa shape index (κ1) is 63.6. The average molecular weight is 1110 g/mol. The maximum Gasteiger partial charge on any atom is 0.330 e. The van der Waals surface area contributed by atoms with Gasteiger partial charge in [-0.1, -0.05) is 38.0 Å². The summed E-state index contributed by atoms with van der Waals surface area (Å²) in [6.45, 7) is 21.7. The Bertz CT molecular complexity index is 2070. The monoisotopic (exact) mass is 1110 g/mol. The molecule has 4 heterocycles. The number of methoxy groups -OCH3 is 4. The van der Waals surface area contributed by atoms with Gasteiger partial charge < -0.3 is 82.0 Å². The fraction of sp³-hybridized carbons (Fsp3) is 0.898. The van der Waals surface area contributed by atoms with E-state index in [9.17, 15) is 30.0 Å². The Balaban J connectivity index is 0.000000594. The van der Waals surface area contributed by atoms with E-state index in [1.807, 2.05) is 61.5 Å². The molecule has 4 N–H and O–H groups in total. The molecule has 19 nitrogen and oxygen atoms in total. The first-order valence-corrected chi connectivity index (χ1v) is 29.0. The minimum atomic E-state index is -2.01. The minimum absolute atomic E-state index is 0.00504. The quantitative estimate of drug-likeness (QED) is 0.0701. The summed E-state index contributed by atoms with van der Waals surface area (Å²) >= 11 is 0. The molecule has 78 heavy (non-hydrogen) atoms. The Morgan fingerprint density at radius 3 is 2.00 bits per heavy atom. The Kier molecular flexibility index (Phi) is 21.1. The minimum Gasteiger partial charge on any atom is -0.458 e. The predicted octanol–water partition coefficient (Wildman–Crippen LogP) is 6.40. The molecule has 4 aliphatic carbocycles. The SMILES string of the molecule is CCO[C@H]1C[C@@H](OC)[C@@H](O)[C@H](C)O1.COC[C@H]1C[C@H](O[C@H]2[C@@H](OC)C[C@H](O[C@H]3CC[C@@]4(C)C(=CC[C@]5(O)[C@@H]4C[C@@H](OC(=O)/C=C(\C)C(C)C)[C@@]4(C)[C@]5(O)CC[C@@]4(O)C(C)=O)C3)O[C@@H]2C)O[C@@H](C)[C@H]1O[C@H]1C[C@H](OC)C[C@@H](C)O1. The Hall–Kier alpha value is -2.02. The summed E-state index contributed by atoms with van der Waals surface area (Å²) in [5.41, 5.74) is -5.97. The lowest BCUT2D eigenvalue weighted by Crippen LogP contribution is -2.78. The highest BCUT2D eigenvalue weighted by atomic mass is 16.7. The zero-order valence-electron chi connectivity index (χ0n) is 49.4. The summed E-state index contributed by atoms with van der Waals surface area (Å²) in [6.07, 6.45) is 3.02. The van der Waals surface area contributed by atoms with Gasteiger partial charge in [0.25, 0.3) is 0 Å². The molecule has 7 fully saturated rings. The molecule has 4 aliphatic heterocycles. The molecular weight excluding hydrogens is 1010 g/mol. The first-order chi connectivity index (χ1) is 36.7. The summed E-state index contributed by atoms with van der Waals surface area (Å²) in [7, 11) is 6.68. The summed E-state index contributed by atoms with van der Waals surface area (Å²) in [6, 6.07) is 0. The Labute approximate surface area is 463 Å². The van der Waals surface area contributed by atoms with E-state index in [2.05, 4.69) is 6.92 Å². The van der Waals surface area contributed by atoms with E-state index < -0.39 is 82.5 Å². The van der Waals surface area contributed by atoms with Crippen LogP contribution in [0.4, 0.5) is 0 Å². The molecule has 0 bridgehead atoms. The number of Topliss-reactive ketones (excluding diaryl/α,β-unsaturated/α-hetero) is 1. The van der Waals surface area contributed by atoms with E-state index >= 15 is 0 Å².